The third kappa shape index (κ3) is 4.05. The van der Waals surface area contributed by atoms with Gasteiger partial charge in [0.25, 0.3) is 0 Å². The number of rotatable bonds is 6. The second-order valence-electron chi connectivity index (χ2n) is 5.41. The maximum Gasteiger partial charge on any atom is 0.135 e. The van der Waals surface area contributed by atoms with Crippen LogP contribution in [0.15, 0.2) is 30.5 Å². The zero-order valence-corrected chi connectivity index (χ0v) is 13.4. The van der Waals surface area contributed by atoms with Gasteiger partial charge >= 0.3 is 0 Å². The van der Waals surface area contributed by atoms with Crippen molar-refractivity contribution in [2.45, 2.75) is 40.7 Å². The Morgan fingerprint density at radius 3 is 2.71 bits per heavy atom. The van der Waals surface area contributed by atoms with E-state index < -0.39 is 0 Å². The van der Waals surface area contributed by atoms with Crippen LogP contribution in [0.1, 0.15) is 35.7 Å². The summed E-state index contributed by atoms with van der Waals surface area (Å²) in [6.07, 6.45) is 3.02. The number of nitrogens with one attached hydrogen (secondary N) is 1. The molecule has 0 spiro atoms. The molecule has 0 aliphatic rings. The van der Waals surface area contributed by atoms with Gasteiger partial charge in [-0.2, -0.15) is 0 Å². The normalized spacial score (nSPS) is 10.7. The third-order valence-corrected chi connectivity index (χ3v) is 3.60. The van der Waals surface area contributed by atoms with Crippen molar-refractivity contribution in [2.24, 2.45) is 0 Å². The van der Waals surface area contributed by atoms with E-state index in [0.717, 1.165) is 42.3 Å². The number of aryl methyl sites for hydroxylation is 2. The van der Waals surface area contributed by atoms with Crippen LogP contribution in [0.2, 0.25) is 0 Å². The maximum atomic E-state index is 6.15. The second-order valence-corrected chi connectivity index (χ2v) is 5.41. The Bertz CT molecular complexity index is 608. The van der Waals surface area contributed by atoms with Gasteiger partial charge in [-0.05, 0) is 50.9 Å². The second kappa shape index (κ2) is 7.23. The summed E-state index contributed by atoms with van der Waals surface area (Å²) >= 11 is 0. The molecule has 3 heteroatoms. The lowest BCUT2D eigenvalue weighted by Gasteiger charge is -2.14. The molecule has 21 heavy (non-hydrogen) atoms. The summed E-state index contributed by atoms with van der Waals surface area (Å²) in [7, 11) is 0. The Labute approximate surface area is 127 Å². The number of benzene rings is 1. The summed E-state index contributed by atoms with van der Waals surface area (Å²) in [5.74, 6) is 1.80. The van der Waals surface area contributed by atoms with Crippen molar-refractivity contribution in [1.29, 1.82) is 0 Å². The Kier molecular flexibility index (Phi) is 5.34. The molecular formula is C18H24N2O. The number of ether oxygens (including phenoxy) is 1. The smallest absolute Gasteiger partial charge is 0.135 e. The average Bonchev–Trinajstić information content (AvgIpc) is 2.46. The van der Waals surface area contributed by atoms with Crippen molar-refractivity contribution in [1.82, 2.24) is 10.3 Å². The van der Waals surface area contributed by atoms with Gasteiger partial charge in [0.15, 0.2) is 0 Å². The number of hydrogen-bond acceptors (Lipinski definition) is 3. The van der Waals surface area contributed by atoms with Gasteiger partial charge in [-0.1, -0.05) is 19.1 Å². The fourth-order valence-corrected chi connectivity index (χ4v) is 2.14. The summed E-state index contributed by atoms with van der Waals surface area (Å²) in [5.41, 5.74) is 4.48. The van der Waals surface area contributed by atoms with Gasteiger partial charge in [-0.15, -0.1) is 0 Å². The van der Waals surface area contributed by atoms with E-state index in [1.165, 1.54) is 11.1 Å². The van der Waals surface area contributed by atoms with E-state index in [0.29, 0.717) is 0 Å². The lowest BCUT2D eigenvalue weighted by molar-refractivity contribution is 0.467. The molecule has 0 saturated carbocycles. The highest BCUT2D eigenvalue weighted by Gasteiger charge is 2.09. The summed E-state index contributed by atoms with van der Waals surface area (Å²) in [6.45, 7) is 10.1. The van der Waals surface area contributed by atoms with Crippen molar-refractivity contribution < 1.29 is 4.74 Å². The van der Waals surface area contributed by atoms with Gasteiger partial charge in [-0.3, -0.25) is 4.98 Å². The van der Waals surface area contributed by atoms with E-state index >= 15 is 0 Å². The fraction of sp³-hybridized carbons (Fsp3) is 0.389. The van der Waals surface area contributed by atoms with Gasteiger partial charge in [0.2, 0.25) is 0 Å². The van der Waals surface area contributed by atoms with Crippen molar-refractivity contribution >= 4 is 0 Å². The zero-order valence-electron chi connectivity index (χ0n) is 13.4. The first kappa shape index (κ1) is 15.5. The van der Waals surface area contributed by atoms with Crippen molar-refractivity contribution in [3.05, 3.63) is 52.8 Å². The van der Waals surface area contributed by atoms with E-state index in [1.54, 1.807) is 0 Å². The van der Waals surface area contributed by atoms with E-state index in [2.05, 4.69) is 37.1 Å². The molecule has 2 rings (SSSR count). The molecule has 0 fully saturated rings. The lowest BCUT2D eigenvalue weighted by Crippen LogP contribution is -2.14. The molecule has 1 N–H and O–H groups in total. The van der Waals surface area contributed by atoms with Crippen LogP contribution in [0, 0.1) is 20.8 Å². The van der Waals surface area contributed by atoms with Crippen LogP contribution >= 0.6 is 0 Å². The molecule has 1 heterocycles. The number of hydrogen-bond donors (Lipinski definition) is 1. The molecule has 2 aromatic rings. The lowest BCUT2D eigenvalue weighted by atomic mass is 10.1. The quantitative estimate of drug-likeness (QED) is 0.803. The van der Waals surface area contributed by atoms with Gasteiger partial charge in [-0.25, -0.2) is 0 Å². The first-order valence-electron chi connectivity index (χ1n) is 7.52. The van der Waals surface area contributed by atoms with Gasteiger partial charge in [0.05, 0.1) is 0 Å². The predicted octanol–water partition coefficient (Wildman–Crippen LogP) is 4.30. The van der Waals surface area contributed by atoms with Crippen LogP contribution in [-0.4, -0.2) is 11.5 Å². The molecule has 3 nitrogen and oxygen atoms in total. The topological polar surface area (TPSA) is 34.2 Å². The summed E-state index contributed by atoms with van der Waals surface area (Å²) in [5, 5.41) is 3.40. The molecule has 1 aromatic carbocycles. The molecule has 0 atom stereocenters. The maximum absolute atomic E-state index is 6.15. The summed E-state index contributed by atoms with van der Waals surface area (Å²) in [4.78, 5) is 4.38. The molecule has 0 amide bonds. The van der Waals surface area contributed by atoms with Gasteiger partial charge < -0.3 is 10.1 Å². The number of nitrogens with zero attached hydrogens (tertiary/aromatic N) is 1. The number of pyridine rings is 1. The van der Waals surface area contributed by atoms with Crippen LogP contribution in [0.3, 0.4) is 0 Å². The predicted molar refractivity (Wildman–Crippen MR) is 87.0 cm³/mol. The van der Waals surface area contributed by atoms with Crippen LogP contribution < -0.4 is 10.1 Å². The highest BCUT2D eigenvalue weighted by molar-refractivity contribution is 5.43. The standard InChI is InChI=1S/C18H24N2O/c1-5-9-19-11-16-12-20-14(3)10-18(16)21-17-8-6-7-13(2)15(17)4/h6-8,10,12,19H,5,9,11H2,1-4H3. The van der Waals surface area contributed by atoms with Crippen LogP contribution in [-0.2, 0) is 6.54 Å². The Morgan fingerprint density at radius 1 is 1.14 bits per heavy atom. The minimum absolute atomic E-state index is 0.779. The van der Waals surface area contributed by atoms with E-state index in [1.807, 2.05) is 31.3 Å². The molecule has 0 unspecified atom stereocenters. The largest absolute Gasteiger partial charge is 0.457 e. The highest BCUT2D eigenvalue weighted by Crippen LogP contribution is 2.29. The minimum atomic E-state index is 0.779. The van der Waals surface area contributed by atoms with Crippen molar-refractivity contribution in [3.63, 3.8) is 0 Å². The molecular weight excluding hydrogens is 260 g/mol. The Balaban J connectivity index is 2.25. The molecule has 0 aliphatic carbocycles. The summed E-state index contributed by atoms with van der Waals surface area (Å²) in [6, 6.07) is 8.15. The first-order chi connectivity index (χ1) is 10.1. The SMILES string of the molecule is CCCNCc1cnc(C)cc1Oc1cccc(C)c1C. The monoisotopic (exact) mass is 284 g/mol. The zero-order chi connectivity index (χ0) is 15.2. The Morgan fingerprint density at radius 2 is 1.95 bits per heavy atom. The summed E-state index contributed by atoms with van der Waals surface area (Å²) < 4.78 is 6.15. The molecule has 112 valence electrons. The van der Waals surface area contributed by atoms with Crippen molar-refractivity contribution in [2.75, 3.05) is 6.54 Å². The average molecular weight is 284 g/mol. The fourth-order valence-electron chi connectivity index (χ4n) is 2.14. The van der Waals surface area contributed by atoms with Crippen molar-refractivity contribution in [3.8, 4) is 11.5 Å². The molecule has 0 bridgehead atoms. The van der Waals surface area contributed by atoms with Crippen LogP contribution in [0.25, 0.3) is 0 Å². The van der Waals surface area contributed by atoms with Gasteiger partial charge in [0.1, 0.15) is 11.5 Å². The van der Waals surface area contributed by atoms with Crippen LogP contribution in [0.5, 0.6) is 11.5 Å². The molecule has 0 aliphatic heterocycles. The first-order valence-corrected chi connectivity index (χ1v) is 7.52. The molecule has 0 saturated heterocycles. The van der Waals surface area contributed by atoms with E-state index in [9.17, 15) is 0 Å². The number of aromatic nitrogens is 1. The molecule has 1 aromatic heterocycles. The Hall–Kier alpha value is -1.87. The minimum Gasteiger partial charge on any atom is -0.457 e. The third-order valence-electron chi connectivity index (χ3n) is 3.60. The van der Waals surface area contributed by atoms with E-state index in [4.69, 9.17) is 4.74 Å². The molecule has 0 radical (unpaired) electrons. The highest BCUT2D eigenvalue weighted by atomic mass is 16.5. The van der Waals surface area contributed by atoms with E-state index in [-0.39, 0.29) is 0 Å². The van der Waals surface area contributed by atoms with Crippen LogP contribution in [0.4, 0.5) is 0 Å². The van der Waals surface area contributed by atoms with Gasteiger partial charge in [0, 0.05) is 30.1 Å².